The minimum Gasteiger partial charge on any atom is -0.454 e. The van der Waals surface area contributed by atoms with Gasteiger partial charge in [0.15, 0.2) is 11.3 Å². The Hall–Kier alpha value is -1.53. The van der Waals surface area contributed by atoms with Gasteiger partial charge in [-0.05, 0) is 25.1 Å². The third kappa shape index (κ3) is 2.64. The molecule has 2 aromatic heterocycles. The number of hydrogen-bond donors (Lipinski definition) is 0. The van der Waals surface area contributed by atoms with Crippen molar-refractivity contribution >= 4 is 34.2 Å². The molecule has 120 valence electrons. The van der Waals surface area contributed by atoms with Crippen molar-refractivity contribution in [3.05, 3.63) is 52.7 Å². The van der Waals surface area contributed by atoms with Crippen molar-refractivity contribution in [3.63, 3.8) is 0 Å². The molecule has 0 N–H and O–H groups in total. The van der Waals surface area contributed by atoms with Crippen LogP contribution < -0.4 is 0 Å². The van der Waals surface area contributed by atoms with E-state index in [0.29, 0.717) is 34.5 Å². The summed E-state index contributed by atoms with van der Waals surface area (Å²) < 4.78 is 19.9. The molecule has 0 radical (unpaired) electrons. The molecule has 23 heavy (non-hydrogen) atoms. The van der Waals surface area contributed by atoms with Gasteiger partial charge in [-0.2, -0.15) is 0 Å². The van der Waals surface area contributed by atoms with Gasteiger partial charge in [-0.3, -0.25) is 0 Å². The number of hydrogen-bond acceptors (Lipinski definition) is 4. The molecular weight excluding hydrogens is 339 g/mol. The highest BCUT2D eigenvalue weighted by Crippen LogP contribution is 2.40. The largest absolute Gasteiger partial charge is 0.454 e. The summed E-state index contributed by atoms with van der Waals surface area (Å²) in [6, 6.07) is 5.32. The van der Waals surface area contributed by atoms with Gasteiger partial charge in [0.25, 0.3) is 0 Å². The highest BCUT2D eigenvalue weighted by molar-refractivity contribution is 6.38. The van der Waals surface area contributed by atoms with Gasteiger partial charge in [0, 0.05) is 22.8 Å². The zero-order valence-electron chi connectivity index (χ0n) is 12.3. The third-order valence-corrected chi connectivity index (χ3v) is 4.30. The van der Waals surface area contributed by atoms with Crippen molar-refractivity contribution in [2.45, 2.75) is 25.4 Å². The predicted molar refractivity (Wildman–Crippen MR) is 86.6 cm³/mol. The van der Waals surface area contributed by atoms with E-state index in [-0.39, 0.29) is 6.10 Å². The summed E-state index contributed by atoms with van der Waals surface area (Å²) in [5, 5.41) is 1.83. The molecule has 0 amide bonds. The minimum absolute atomic E-state index is 0.0363. The fourth-order valence-corrected chi connectivity index (χ4v) is 3.37. The van der Waals surface area contributed by atoms with Crippen LogP contribution in [0.5, 0.6) is 0 Å². The molecular formula is C16H14Cl2N2O3. The summed E-state index contributed by atoms with van der Waals surface area (Å²) in [5.74, 6) is -0.440. The zero-order valence-corrected chi connectivity index (χ0v) is 13.8. The fraction of sp³-hybridized carbons (Fsp3) is 0.312. The van der Waals surface area contributed by atoms with Crippen LogP contribution in [0.3, 0.4) is 0 Å². The number of halogens is 2. The molecule has 3 aromatic rings. The van der Waals surface area contributed by atoms with Crippen molar-refractivity contribution in [2.75, 3.05) is 6.61 Å². The molecule has 0 spiro atoms. The van der Waals surface area contributed by atoms with Crippen LogP contribution in [-0.4, -0.2) is 22.3 Å². The maximum Gasteiger partial charge on any atom is 0.247 e. The Labute approximate surface area is 142 Å². The molecule has 0 aliphatic carbocycles. The number of benzene rings is 1. The van der Waals surface area contributed by atoms with E-state index in [1.165, 1.54) is 0 Å². The zero-order chi connectivity index (χ0) is 16.0. The summed E-state index contributed by atoms with van der Waals surface area (Å²) in [6.07, 6.45) is 5.24. The SMILES string of the molecule is C[C@H]1CO[C@@](Cn2ccnc2)(c2cc3cc(Cl)cc(Cl)c3o2)O1. The van der Waals surface area contributed by atoms with Crippen molar-refractivity contribution in [1.29, 1.82) is 0 Å². The van der Waals surface area contributed by atoms with Gasteiger partial charge in [-0.25, -0.2) is 4.98 Å². The number of imidazole rings is 1. The molecule has 7 heteroatoms. The number of ether oxygens (including phenoxy) is 2. The molecule has 1 aromatic carbocycles. The lowest BCUT2D eigenvalue weighted by atomic mass is 10.1. The maximum absolute atomic E-state index is 6.22. The molecule has 0 saturated carbocycles. The first kappa shape index (κ1) is 15.0. The van der Waals surface area contributed by atoms with Crippen molar-refractivity contribution in [2.24, 2.45) is 0 Å². The van der Waals surface area contributed by atoms with Gasteiger partial charge < -0.3 is 18.5 Å². The molecule has 1 saturated heterocycles. The van der Waals surface area contributed by atoms with E-state index in [1.54, 1.807) is 24.7 Å². The van der Waals surface area contributed by atoms with Crippen LogP contribution in [0.1, 0.15) is 12.7 Å². The Kier molecular flexibility index (Phi) is 3.61. The summed E-state index contributed by atoms with van der Waals surface area (Å²) in [4.78, 5) is 4.06. The van der Waals surface area contributed by atoms with Crippen LogP contribution in [0.2, 0.25) is 10.0 Å². The molecule has 1 fully saturated rings. The van der Waals surface area contributed by atoms with E-state index in [1.807, 2.05) is 23.8 Å². The maximum atomic E-state index is 6.22. The van der Waals surface area contributed by atoms with Crippen LogP contribution in [0.25, 0.3) is 11.0 Å². The first-order valence-corrected chi connectivity index (χ1v) is 7.98. The summed E-state index contributed by atoms with van der Waals surface area (Å²) in [7, 11) is 0. The molecule has 1 aliphatic rings. The van der Waals surface area contributed by atoms with Crippen molar-refractivity contribution in [1.82, 2.24) is 9.55 Å². The first-order valence-electron chi connectivity index (χ1n) is 7.22. The molecule has 4 rings (SSSR count). The van der Waals surface area contributed by atoms with Crippen LogP contribution in [-0.2, 0) is 21.8 Å². The van der Waals surface area contributed by atoms with Crippen molar-refractivity contribution < 1.29 is 13.9 Å². The Morgan fingerprint density at radius 2 is 2.22 bits per heavy atom. The highest BCUT2D eigenvalue weighted by Gasteiger charge is 2.45. The minimum atomic E-state index is -1.01. The molecule has 2 atom stereocenters. The number of aromatic nitrogens is 2. The first-order chi connectivity index (χ1) is 11.1. The van der Waals surface area contributed by atoms with Crippen LogP contribution in [0, 0.1) is 0 Å². The number of nitrogens with zero attached hydrogens (tertiary/aromatic N) is 2. The second-order valence-corrected chi connectivity index (χ2v) is 6.49. The quantitative estimate of drug-likeness (QED) is 0.707. The average molecular weight is 353 g/mol. The summed E-state index contributed by atoms with van der Waals surface area (Å²) >= 11 is 12.3. The van der Waals surface area contributed by atoms with E-state index in [0.717, 1.165) is 5.39 Å². The Morgan fingerprint density at radius 1 is 1.35 bits per heavy atom. The van der Waals surface area contributed by atoms with Gasteiger partial charge in [0.1, 0.15) is 0 Å². The molecule has 1 aliphatic heterocycles. The van der Waals surface area contributed by atoms with Gasteiger partial charge >= 0.3 is 0 Å². The normalized spacial score (nSPS) is 24.6. The van der Waals surface area contributed by atoms with E-state index >= 15 is 0 Å². The fourth-order valence-electron chi connectivity index (χ4n) is 2.82. The van der Waals surface area contributed by atoms with Gasteiger partial charge in [0.2, 0.25) is 5.79 Å². The Morgan fingerprint density at radius 3 is 2.91 bits per heavy atom. The number of furan rings is 1. The highest BCUT2D eigenvalue weighted by atomic mass is 35.5. The average Bonchev–Trinajstić information content (AvgIpc) is 3.19. The van der Waals surface area contributed by atoms with E-state index in [4.69, 9.17) is 37.1 Å². The molecule has 0 bridgehead atoms. The lowest BCUT2D eigenvalue weighted by Crippen LogP contribution is -2.32. The van der Waals surface area contributed by atoms with Crippen molar-refractivity contribution in [3.8, 4) is 0 Å². The number of rotatable bonds is 3. The predicted octanol–water partition coefficient (Wildman–Crippen LogP) is 4.22. The Balaban J connectivity index is 1.82. The van der Waals surface area contributed by atoms with Gasteiger partial charge in [0.05, 0.1) is 30.6 Å². The third-order valence-electron chi connectivity index (χ3n) is 3.80. The summed E-state index contributed by atoms with van der Waals surface area (Å²) in [6.45, 7) is 2.88. The van der Waals surface area contributed by atoms with Crippen LogP contribution in [0.4, 0.5) is 0 Å². The topological polar surface area (TPSA) is 49.4 Å². The van der Waals surface area contributed by atoms with Gasteiger partial charge in [-0.15, -0.1) is 0 Å². The molecule has 5 nitrogen and oxygen atoms in total. The smallest absolute Gasteiger partial charge is 0.247 e. The van der Waals surface area contributed by atoms with E-state index in [2.05, 4.69) is 4.98 Å². The number of fused-ring (bicyclic) bond motifs is 1. The standard InChI is InChI=1S/C16H14Cl2N2O3/c1-10-7-21-16(23-10,8-20-3-2-19-9-20)14-5-11-4-12(17)6-13(18)15(11)22-14/h2-6,9-10H,7-8H2,1H3/t10-,16+/m0/s1. The summed E-state index contributed by atoms with van der Waals surface area (Å²) in [5.41, 5.74) is 0.572. The molecule has 3 heterocycles. The Bertz CT molecular complexity index is 847. The van der Waals surface area contributed by atoms with Crippen LogP contribution in [0.15, 0.2) is 41.3 Å². The molecule has 0 unspecified atom stereocenters. The van der Waals surface area contributed by atoms with E-state index < -0.39 is 5.79 Å². The lowest BCUT2D eigenvalue weighted by molar-refractivity contribution is -0.196. The van der Waals surface area contributed by atoms with Gasteiger partial charge in [-0.1, -0.05) is 23.2 Å². The van der Waals surface area contributed by atoms with Crippen LogP contribution >= 0.6 is 23.2 Å². The monoisotopic (exact) mass is 352 g/mol. The van der Waals surface area contributed by atoms with E-state index in [9.17, 15) is 0 Å². The second kappa shape index (κ2) is 5.53. The second-order valence-electron chi connectivity index (χ2n) is 5.64. The lowest BCUT2D eigenvalue weighted by Gasteiger charge is -2.25.